The van der Waals surface area contributed by atoms with Gasteiger partial charge in [-0.05, 0) is 19.0 Å². The second-order valence-corrected chi connectivity index (χ2v) is 4.97. The van der Waals surface area contributed by atoms with Gasteiger partial charge in [-0.2, -0.15) is 0 Å². The Morgan fingerprint density at radius 3 is 2.95 bits per heavy atom. The molecule has 0 atom stereocenters. The zero-order chi connectivity index (χ0) is 13.7. The fourth-order valence-corrected chi connectivity index (χ4v) is 2.46. The lowest BCUT2D eigenvalue weighted by Gasteiger charge is -2.21. The van der Waals surface area contributed by atoms with Gasteiger partial charge in [-0.3, -0.25) is 14.7 Å². The van der Waals surface area contributed by atoms with Crippen LogP contribution in [0.2, 0.25) is 5.02 Å². The number of carbonyl (C=O) groups is 1. The first kappa shape index (κ1) is 14.2. The summed E-state index contributed by atoms with van der Waals surface area (Å²) in [6.07, 6.45) is 3.98. The van der Waals surface area contributed by atoms with Crippen molar-refractivity contribution in [2.75, 3.05) is 39.3 Å². The van der Waals surface area contributed by atoms with E-state index in [0.717, 1.165) is 26.1 Å². The number of β-amino-alcohol motifs (C(OH)–C–C–N with tert-alkyl or cyclic N) is 1. The SMILES string of the molecule is O=C(c1ccncc1Cl)N1CCCN(CCO)CC1. The van der Waals surface area contributed by atoms with Crippen molar-refractivity contribution in [2.45, 2.75) is 6.42 Å². The van der Waals surface area contributed by atoms with Gasteiger partial charge in [-0.1, -0.05) is 11.6 Å². The molecular formula is C13H18ClN3O2. The Labute approximate surface area is 117 Å². The molecule has 2 rings (SSSR count). The van der Waals surface area contributed by atoms with Gasteiger partial charge >= 0.3 is 0 Å². The quantitative estimate of drug-likeness (QED) is 0.895. The smallest absolute Gasteiger partial charge is 0.255 e. The van der Waals surface area contributed by atoms with E-state index in [1.807, 2.05) is 4.90 Å². The molecule has 5 nitrogen and oxygen atoms in total. The first-order chi connectivity index (χ1) is 9.22. The van der Waals surface area contributed by atoms with Crippen LogP contribution in [0.1, 0.15) is 16.8 Å². The van der Waals surface area contributed by atoms with Gasteiger partial charge in [-0.15, -0.1) is 0 Å². The summed E-state index contributed by atoms with van der Waals surface area (Å²) in [6, 6.07) is 1.65. The third-order valence-corrected chi connectivity index (χ3v) is 3.60. The fraction of sp³-hybridized carbons (Fsp3) is 0.538. The lowest BCUT2D eigenvalue weighted by Crippen LogP contribution is -2.36. The van der Waals surface area contributed by atoms with Gasteiger partial charge in [0.15, 0.2) is 0 Å². The van der Waals surface area contributed by atoms with Gasteiger partial charge < -0.3 is 10.0 Å². The van der Waals surface area contributed by atoms with Crippen molar-refractivity contribution >= 4 is 17.5 Å². The Balaban J connectivity index is 2.02. The number of nitrogens with zero attached hydrogens (tertiary/aromatic N) is 3. The van der Waals surface area contributed by atoms with Gasteiger partial charge in [0.25, 0.3) is 5.91 Å². The zero-order valence-corrected chi connectivity index (χ0v) is 11.5. The number of rotatable bonds is 3. The minimum Gasteiger partial charge on any atom is -0.395 e. The zero-order valence-electron chi connectivity index (χ0n) is 10.8. The van der Waals surface area contributed by atoms with Gasteiger partial charge in [0, 0.05) is 38.6 Å². The van der Waals surface area contributed by atoms with Gasteiger partial charge in [0.05, 0.1) is 17.2 Å². The molecule has 2 heterocycles. The molecule has 19 heavy (non-hydrogen) atoms. The summed E-state index contributed by atoms with van der Waals surface area (Å²) in [4.78, 5) is 20.3. The molecule has 0 spiro atoms. The van der Waals surface area contributed by atoms with Crippen LogP contribution in [0.15, 0.2) is 18.5 Å². The van der Waals surface area contributed by atoms with Gasteiger partial charge in [0.1, 0.15) is 0 Å². The van der Waals surface area contributed by atoms with Crippen LogP contribution in [0.4, 0.5) is 0 Å². The molecule has 1 aliphatic heterocycles. The normalized spacial score (nSPS) is 17.3. The van der Waals surface area contributed by atoms with Crippen LogP contribution in [0.25, 0.3) is 0 Å². The maximum Gasteiger partial charge on any atom is 0.255 e. The number of pyridine rings is 1. The summed E-state index contributed by atoms with van der Waals surface area (Å²) in [5, 5.41) is 9.35. The Morgan fingerprint density at radius 1 is 1.37 bits per heavy atom. The molecule has 0 radical (unpaired) electrons. The van der Waals surface area contributed by atoms with E-state index in [9.17, 15) is 4.79 Å². The van der Waals surface area contributed by atoms with E-state index in [0.29, 0.717) is 23.7 Å². The molecule has 1 N–H and O–H groups in total. The summed E-state index contributed by atoms with van der Waals surface area (Å²) in [5.74, 6) is -0.0433. The Bertz CT molecular complexity index is 442. The molecule has 1 aromatic heterocycles. The molecule has 0 aliphatic carbocycles. The van der Waals surface area contributed by atoms with E-state index in [1.54, 1.807) is 12.3 Å². The molecular weight excluding hydrogens is 266 g/mol. The van der Waals surface area contributed by atoms with Crippen molar-refractivity contribution in [3.05, 3.63) is 29.0 Å². The number of halogens is 1. The molecule has 6 heteroatoms. The van der Waals surface area contributed by atoms with Crippen LogP contribution in [-0.2, 0) is 0 Å². The largest absolute Gasteiger partial charge is 0.395 e. The van der Waals surface area contributed by atoms with Crippen LogP contribution in [0.5, 0.6) is 0 Å². The number of carbonyl (C=O) groups excluding carboxylic acids is 1. The Morgan fingerprint density at radius 2 is 2.21 bits per heavy atom. The summed E-state index contributed by atoms with van der Waals surface area (Å²) < 4.78 is 0. The van der Waals surface area contributed by atoms with E-state index < -0.39 is 0 Å². The third kappa shape index (κ3) is 3.65. The molecule has 1 saturated heterocycles. The fourth-order valence-electron chi connectivity index (χ4n) is 2.26. The standard InChI is InChI=1S/C13H18ClN3O2/c14-12-10-15-3-2-11(12)13(19)17-5-1-4-16(6-7-17)8-9-18/h2-3,10,18H,1,4-9H2. The third-order valence-electron chi connectivity index (χ3n) is 3.29. The highest BCUT2D eigenvalue weighted by Crippen LogP contribution is 2.16. The van der Waals surface area contributed by atoms with Crippen molar-refractivity contribution in [2.24, 2.45) is 0 Å². The summed E-state index contributed by atoms with van der Waals surface area (Å²) in [6.45, 7) is 3.91. The minimum absolute atomic E-state index is 0.0433. The first-order valence-corrected chi connectivity index (χ1v) is 6.82. The number of hydrogen-bond acceptors (Lipinski definition) is 4. The van der Waals surface area contributed by atoms with Crippen LogP contribution in [0, 0.1) is 0 Å². The molecule has 0 bridgehead atoms. The molecule has 1 aliphatic rings. The molecule has 0 saturated carbocycles. The maximum absolute atomic E-state index is 12.4. The molecule has 0 unspecified atom stereocenters. The van der Waals surface area contributed by atoms with Crippen molar-refractivity contribution in [3.8, 4) is 0 Å². The van der Waals surface area contributed by atoms with E-state index >= 15 is 0 Å². The lowest BCUT2D eigenvalue weighted by atomic mass is 10.2. The highest BCUT2D eigenvalue weighted by Gasteiger charge is 2.21. The van der Waals surface area contributed by atoms with E-state index in [4.69, 9.17) is 16.7 Å². The molecule has 0 aromatic carbocycles. The predicted molar refractivity (Wildman–Crippen MR) is 73.3 cm³/mol. The monoisotopic (exact) mass is 283 g/mol. The number of amides is 1. The van der Waals surface area contributed by atoms with Crippen molar-refractivity contribution in [3.63, 3.8) is 0 Å². The van der Waals surface area contributed by atoms with Gasteiger partial charge in [-0.25, -0.2) is 0 Å². The minimum atomic E-state index is -0.0433. The van der Waals surface area contributed by atoms with E-state index in [2.05, 4.69) is 9.88 Å². The highest BCUT2D eigenvalue weighted by atomic mass is 35.5. The van der Waals surface area contributed by atoms with Crippen LogP contribution < -0.4 is 0 Å². The van der Waals surface area contributed by atoms with E-state index in [-0.39, 0.29) is 12.5 Å². The Kier molecular flexibility index (Phi) is 5.13. The summed E-state index contributed by atoms with van der Waals surface area (Å²) >= 11 is 6.00. The average Bonchev–Trinajstić information content (AvgIpc) is 2.65. The second-order valence-electron chi connectivity index (χ2n) is 4.57. The second kappa shape index (κ2) is 6.84. The molecule has 1 fully saturated rings. The molecule has 1 amide bonds. The van der Waals surface area contributed by atoms with Crippen LogP contribution in [-0.4, -0.2) is 65.1 Å². The average molecular weight is 284 g/mol. The maximum atomic E-state index is 12.4. The predicted octanol–water partition coefficient (Wildman–Crippen LogP) is 0.875. The topological polar surface area (TPSA) is 56.7 Å². The Hall–Kier alpha value is -1.17. The number of hydrogen-bond donors (Lipinski definition) is 1. The van der Waals surface area contributed by atoms with Gasteiger partial charge in [0.2, 0.25) is 0 Å². The summed E-state index contributed by atoms with van der Waals surface area (Å²) in [5.41, 5.74) is 0.507. The number of aliphatic hydroxyl groups excluding tert-OH is 1. The highest BCUT2D eigenvalue weighted by molar-refractivity contribution is 6.33. The van der Waals surface area contributed by atoms with Crippen molar-refractivity contribution in [1.82, 2.24) is 14.8 Å². The van der Waals surface area contributed by atoms with Crippen molar-refractivity contribution < 1.29 is 9.90 Å². The van der Waals surface area contributed by atoms with Crippen LogP contribution >= 0.6 is 11.6 Å². The summed E-state index contributed by atoms with van der Waals surface area (Å²) in [7, 11) is 0. The lowest BCUT2D eigenvalue weighted by molar-refractivity contribution is 0.0760. The molecule has 104 valence electrons. The van der Waals surface area contributed by atoms with Crippen molar-refractivity contribution in [1.29, 1.82) is 0 Å². The molecule has 1 aromatic rings. The van der Waals surface area contributed by atoms with Crippen LogP contribution in [0.3, 0.4) is 0 Å². The number of aromatic nitrogens is 1. The first-order valence-electron chi connectivity index (χ1n) is 6.44. The van der Waals surface area contributed by atoms with E-state index in [1.165, 1.54) is 6.20 Å². The number of aliphatic hydroxyl groups is 1.